The van der Waals surface area contributed by atoms with E-state index in [1.54, 1.807) is 39.9 Å². The number of imidazole rings is 2. The summed E-state index contributed by atoms with van der Waals surface area (Å²) in [6.07, 6.45) is 5.47. The van der Waals surface area contributed by atoms with Crippen molar-refractivity contribution in [2.75, 3.05) is 10.6 Å². The van der Waals surface area contributed by atoms with E-state index in [4.69, 9.17) is 25.9 Å². The average Bonchev–Trinajstić information content (AvgIpc) is 3.96. The maximum atomic E-state index is 13.6. The summed E-state index contributed by atoms with van der Waals surface area (Å²) < 4.78 is 13.0. The van der Waals surface area contributed by atoms with Crippen LogP contribution in [0.2, 0.25) is 0 Å². The van der Waals surface area contributed by atoms with E-state index >= 15 is 0 Å². The van der Waals surface area contributed by atoms with Gasteiger partial charge in [-0.1, -0.05) is 12.2 Å². The minimum absolute atomic E-state index is 0.286. The molecule has 0 bridgehead atoms. The maximum absolute atomic E-state index is 13.6. The molecule has 0 aliphatic heterocycles. The Hall–Kier alpha value is -6.55. The highest BCUT2D eigenvalue weighted by Gasteiger charge is 2.22. The number of primary amides is 1. The molecule has 16 heteroatoms. The number of hydrogen-bond donors (Lipinski definition) is 4. The predicted molar refractivity (Wildman–Crippen MR) is 201 cm³/mol. The number of aryl methyl sites for hydroxylation is 5. The number of aromatic nitrogens is 8. The summed E-state index contributed by atoms with van der Waals surface area (Å²) in [5.74, 6) is -0.687. The Morgan fingerprint density at radius 3 is 1.87 bits per heavy atom. The third-order valence-corrected chi connectivity index (χ3v) is 9.13. The molecule has 7 rings (SSSR count). The molecule has 272 valence electrons. The van der Waals surface area contributed by atoms with Gasteiger partial charge < -0.3 is 25.0 Å². The summed E-state index contributed by atoms with van der Waals surface area (Å²) in [4.78, 5) is 48.7. The first-order chi connectivity index (χ1) is 25.5. The van der Waals surface area contributed by atoms with Gasteiger partial charge in [-0.3, -0.25) is 34.4 Å². The van der Waals surface area contributed by atoms with Gasteiger partial charge in [-0.15, -0.1) is 0 Å². The number of carbonyl (C=O) groups is 3. The van der Waals surface area contributed by atoms with Crippen molar-refractivity contribution in [1.29, 1.82) is 0 Å². The van der Waals surface area contributed by atoms with Gasteiger partial charge in [-0.2, -0.15) is 10.2 Å². The SMILES string of the molecule is CCn1nc(C)cc1C(=O)Nc1nc2cc(C(N)=O)cc(C)c2n1C/C=C/Cn1c(NC(=O)c2cc(C)nn2CC)nc2cc(CN)c3ccoc3c21. The monoisotopic (exact) mass is 716 g/mol. The minimum atomic E-state index is -0.577. The molecule has 3 amide bonds. The third kappa shape index (κ3) is 6.33. The second-order valence-electron chi connectivity index (χ2n) is 12.7. The molecule has 5 aromatic heterocycles. The number of amides is 3. The van der Waals surface area contributed by atoms with Crippen molar-refractivity contribution in [1.82, 2.24) is 38.7 Å². The largest absolute Gasteiger partial charge is 0.462 e. The van der Waals surface area contributed by atoms with Gasteiger partial charge in [0, 0.05) is 43.7 Å². The molecule has 0 saturated carbocycles. The number of rotatable bonds is 12. The predicted octanol–water partition coefficient (Wildman–Crippen LogP) is 4.81. The number of benzene rings is 2. The summed E-state index contributed by atoms with van der Waals surface area (Å²) in [5.41, 5.74) is 19.0. The lowest BCUT2D eigenvalue weighted by molar-refractivity contribution is 0.0994. The summed E-state index contributed by atoms with van der Waals surface area (Å²) in [5, 5.41) is 15.6. The highest BCUT2D eigenvalue weighted by Crippen LogP contribution is 2.32. The Morgan fingerprint density at radius 1 is 0.792 bits per heavy atom. The van der Waals surface area contributed by atoms with Crippen molar-refractivity contribution in [2.24, 2.45) is 11.5 Å². The Labute approximate surface area is 303 Å². The molecular weight excluding hydrogens is 676 g/mol. The molecule has 0 spiro atoms. The molecule has 7 aromatic rings. The van der Waals surface area contributed by atoms with Gasteiger partial charge in [-0.05, 0) is 82.1 Å². The van der Waals surface area contributed by atoms with Crippen LogP contribution in [0.1, 0.15) is 67.7 Å². The van der Waals surface area contributed by atoms with E-state index in [0.29, 0.717) is 71.2 Å². The second kappa shape index (κ2) is 13.9. The molecule has 0 unspecified atom stereocenters. The number of furan rings is 1. The highest BCUT2D eigenvalue weighted by molar-refractivity contribution is 6.07. The van der Waals surface area contributed by atoms with Crippen LogP contribution >= 0.6 is 0 Å². The third-order valence-electron chi connectivity index (χ3n) is 9.13. The molecule has 0 atom stereocenters. The zero-order chi connectivity index (χ0) is 37.6. The van der Waals surface area contributed by atoms with E-state index in [1.165, 1.54) is 0 Å². The van der Waals surface area contributed by atoms with Crippen LogP contribution in [-0.2, 0) is 32.7 Å². The van der Waals surface area contributed by atoms with Gasteiger partial charge in [0.1, 0.15) is 16.9 Å². The smallest absolute Gasteiger partial charge is 0.276 e. The molecule has 0 radical (unpaired) electrons. The lowest BCUT2D eigenvalue weighted by Crippen LogP contribution is -2.20. The van der Waals surface area contributed by atoms with Gasteiger partial charge in [-0.25, -0.2) is 9.97 Å². The number of allylic oxidation sites excluding steroid dienone is 2. The van der Waals surface area contributed by atoms with Crippen LogP contribution in [-0.4, -0.2) is 56.4 Å². The molecule has 0 fully saturated rings. The van der Waals surface area contributed by atoms with Crippen molar-refractivity contribution in [3.63, 3.8) is 0 Å². The standard InChI is InChI=1S/C37H40N12O4/c1-6-48-28(15-21(4)44-48)34(51)42-36-40-26-17-23(33(39)50)14-20(3)30(26)46(36)11-8-9-12-47-31-27(18-24(19-38)25-10-13-53-32(25)31)41-37(47)43-35(52)29-16-22(5)45-49(29)7-2/h8-10,13-18H,6-7,11-12,19,38H2,1-5H3,(H2,39,50)(H,40,42,51)(H,41,43,52)/b9-8+. The molecule has 5 heterocycles. The molecule has 0 aliphatic rings. The van der Waals surface area contributed by atoms with Crippen molar-refractivity contribution < 1.29 is 18.8 Å². The Bertz CT molecular complexity index is 2600. The zero-order valence-corrected chi connectivity index (χ0v) is 30.1. The minimum Gasteiger partial charge on any atom is -0.462 e. The van der Waals surface area contributed by atoms with E-state index < -0.39 is 5.91 Å². The first-order valence-electron chi connectivity index (χ1n) is 17.3. The van der Waals surface area contributed by atoms with Gasteiger partial charge >= 0.3 is 0 Å². The van der Waals surface area contributed by atoms with Crippen LogP contribution in [0.3, 0.4) is 0 Å². The average molecular weight is 717 g/mol. The molecule has 53 heavy (non-hydrogen) atoms. The summed E-state index contributed by atoms with van der Waals surface area (Å²) in [7, 11) is 0. The van der Waals surface area contributed by atoms with Crippen molar-refractivity contribution in [3.8, 4) is 0 Å². The normalized spacial score (nSPS) is 11.8. The van der Waals surface area contributed by atoms with Crippen molar-refractivity contribution in [2.45, 2.75) is 67.3 Å². The van der Waals surface area contributed by atoms with E-state index in [2.05, 4.69) is 20.8 Å². The number of nitrogens with zero attached hydrogens (tertiary/aromatic N) is 8. The second-order valence-corrected chi connectivity index (χ2v) is 12.7. The Morgan fingerprint density at radius 2 is 1.34 bits per heavy atom. The van der Waals surface area contributed by atoms with Crippen LogP contribution in [0.4, 0.5) is 11.9 Å². The van der Waals surface area contributed by atoms with Gasteiger partial charge in [0.25, 0.3) is 11.8 Å². The lowest BCUT2D eigenvalue weighted by atomic mass is 10.1. The summed E-state index contributed by atoms with van der Waals surface area (Å²) in [6, 6.07) is 10.6. The number of nitrogens with two attached hydrogens (primary N) is 2. The van der Waals surface area contributed by atoms with Crippen LogP contribution in [0, 0.1) is 20.8 Å². The van der Waals surface area contributed by atoms with Gasteiger partial charge in [0.05, 0.1) is 34.2 Å². The zero-order valence-electron chi connectivity index (χ0n) is 30.1. The Kier molecular flexibility index (Phi) is 9.13. The lowest BCUT2D eigenvalue weighted by Gasteiger charge is -2.11. The van der Waals surface area contributed by atoms with Crippen molar-refractivity contribution in [3.05, 3.63) is 94.3 Å². The molecular formula is C37H40N12O4. The highest BCUT2D eigenvalue weighted by atomic mass is 16.3. The van der Waals surface area contributed by atoms with Crippen LogP contribution < -0.4 is 22.1 Å². The summed E-state index contributed by atoms with van der Waals surface area (Å²) in [6.45, 7) is 11.3. The topological polar surface area (TPSA) is 212 Å². The summed E-state index contributed by atoms with van der Waals surface area (Å²) >= 11 is 0. The fourth-order valence-corrected chi connectivity index (χ4v) is 6.76. The van der Waals surface area contributed by atoms with Gasteiger partial charge in [0.2, 0.25) is 17.8 Å². The number of hydrogen-bond acceptors (Lipinski definition) is 9. The maximum Gasteiger partial charge on any atom is 0.276 e. The fraction of sp³-hybridized carbons (Fsp3) is 0.270. The van der Waals surface area contributed by atoms with E-state index in [9.17, 15) is 14.4 Å². The first kappa shape index (κ1) is 34.9. The van der Waals surface area contributed by atoms with Crippen LogP contribution in [0.5, 0.6) is 0 Å². The molecule has 0 aliphatic carbocycles. The molecule has 2 aromatic carbocycles. The molecule has 16 nitrogen and oxygen atoms in total. The molecule has 0 saturated heterocycles. The van der Waals surface area contributed by atoms with E-state index in [-0.39, 0.29) is 24.3 Å². The fourth-order valence-electron chi connectivity index (χ4n) is 6.76. The number of fused-ring (bicyclic) bond motifs is 4. The van der Waals surface area contributed by atoms with Gasteiger partial charge in [0.15, 0.2) is 5.58 Å². The Balaban J connectivity index is 1.26. The van der Waals surface area contributed by atoms with Crippen LogP contribution in [0.25, 0.3) is 33.0 Å². The van der Waals surface area contributed by atoms with Crippen molar-refractivity contribution >= 4 is 62.7 Å². The van der Waals surface area contributed by atoms with E-state index in [1.807, 2.05) is 68.0 Å². The first-order valence-corrected chi connectivity index (χ1v) is 17.3. The number of carbonyl (C=O) groups excluding carboxylic acids is 3. The number of anilines is 2. The van der Waals surface area contributed by atoms with E-state index in [0.717, 1.165) is 33.4 Å². The molecule has 6 N–H and O–H groups in total. The van der Waals surface area contributed by atoms with Crippen LogP contribution in [0.15, 0.2) is 59.2 Å². The quantitative estimate of drug-likeness (QED) is 0.128. The number of nitrogens with one attached hydrogen (secondary N) is 2.